The van der Waals surface area contributed by atoms with Crippen molar-refractivity contribution in [3.63, 3.8) is 0 Å². The Hall–Kier alpha value is -2.13. The summed E-state index contributed by atoms with van der Waals surface area (Å²) in [6.07, 6.45) is 9.43. The third kappa shape index (κ3) is 6.00. The summed E-state index contributed by atoms with van der Waals surface area (Å²) in [4.78, 5) is 12.4. The average Bonchev–Trinajstić information content (AvgIpc) is 3.57. The lowest BCUT2D eigenvalue weighted by atomic mass is 10.1. The molecule has 5 rings (SSSR count). The molecule has 0 bridgehead atoms. The minimum absolute atomic E-state index is 0.0839. The van der Waals surface area contributed by atoms with E-state index >= 15 is 0 Å². The SMILES string of the molecule is COc1cc2c(NC3CCS(=O)(=O)CC3)nc(C3CCCC3)nc2cc1OCCCN1CCCC1. The molecule has 0 amide bonds. The summed E-state index contributed by atoms with van der Waals surface area (Å²) >= 11 is 0. The number of nitrogens with zero attached hydrogens (tertiary/aromatic N) is 3. The summed E-state index contributed by atoms with van der Waals surface area (Å²) in [5, 5.41) is 4.45. The Bertz CT molecular complexity index is 1110. The van der Waals surface area contributed by atoms with Gasteiger partial charge in [-0.2, -0.15) is 0 Å². The standard InChI is InChI=1S/C26H38N4O4S/c1-33-23-17-21-22(18-24(23)34-14-6-13-30-11-4-5-12-30)28-25(19-7-2-3-8-19)29-26(21)27-20-9-15-35(31,32)16-10-20/h17-20H,2-16H2,1H3,(H,27,28,29). The molecule has 0 atom stereocenters. The fourth-order valence-electron chi connectivity index (χ4n) is 5.61. The van der Waals surface area contributed by atoms with Crippen LogP contribution >= 0.6 is 0 Å². The maximum atomic E-state index is 11.9. The van der Waals surface area contributed by atoms with E-state index in [1.54, 1.807) is 7.11 Å². The van der Waals surface area contributed by atoms with Crippen LogP contribution in [0.5, 0.6) is 11.5 Å². The van der Waals surface area contributed by atoms with E-state index in [2.05, 4.69) is 10.2 Å². The molecule has 2 aliphatic heterocycles. The van der Waals surface area contributed by atoms with Gasteiger partial charge in [0.25, 0.3) is 0 Å². The molecule has 2 aromatic rings. The van der Waals surface area contributed by atoms with Crippen molar-refractivity contribution in [2.45, 2.75) is 69.7 Å². The van der Waals surface area contributed by atoms with E-state index in [1.165, 1.54) is 38.8 Å². The normalized spacial score (nSPS) is 21.5. The minimum atomic E-state index is -2.92. The predicted molar refractivity (Wildman–Crippen MR) is 138 cm³/mol. The maximum absolute atomic E-state index is 11.9. The molecule has 1 N–H and O–H groups in total. The second-order valence-electron chi connectivity index (χ2n) is 10.3. The van der Waals surface area contributed by atoms with Crippen LogP contribution in [0.1, 0.15) is 69.5 Å². The summed E-state index contributed by atoms with van der Waals surface area (Å²) < 4.78 is 35.7. The Morgan fingerprint density at radius 1 is 1.00 bits per heavy atom. The summed E-state index contributed by atoms with van der Waals surface area (Å²) in [7, 11) is -1.26. The Morgan fingerprint density at radius 2 is 1.74 bits per heavy atom. The van der Waals surface area contributed by atoms with Crippen LogP contribution in [0.2, 0.25) is 0 Å². The second kappa shape index (κ2) is 10.9. The fourth-order valence-corrected chi connectivity index (χ4v) is 7.10. The first-order valence-corrected chi connectivity index (χ1v) is 15.0. The van der Waals surface area contributed by atoms with Crippen LogP contribution in [-0.4, -0.2) is 74.2 Å². The van der Waals surface area contributed by atoms with E-state index in [1.807, 2.05) is 12.1 Å². The van der Waals surface area contributed by atoms with Crippen LogP contribution in [0.25, 0.3) is 10.9 Å². The molecule has 1 aromatic carbocycles. The Labute approximate surface area is 208 Å². The first-order chi connectivity index (χ1) is 17.0. The zero-order valence-corrected chi connectivity index (χ0v) is 21.6. The summed E-state index contributed by atoms with van der Waals surface area (Å²) in [6, 6.07) is 4.03. The van der Waals surface area contributed by atoms with Gasteiger partial charge in [-0.05, 0) is 64.1 Å². The number of hydrogen-bond donors (Lipinski definition) is 1. The summed E-state index contributed by atoms with van der Waals surface area (Å²) in [6.45, 7) is 4.10. The molecular weight excluding hydrogens is 464 g/mol. The Kier molecular flexibility index (Phi) is 7.62. The van der Waals surface area contributed by atoms with Gasteiger partial charge in [0.15, 0.2) is 11.5 Å². The minimum Gasteiger partial charge on any atom is -0.493 e. The van der Waals surface area contributed by atoms with Crippen LogP contribution in [0.4, 0.5) is 5.82 Å². The largest absolute Gasteiger partial charge is 0.493 e. The number of aromatic nitrogens is 2. The van der Waals surface area contributed by atoms with Crippen molar-refractivity contribution in [2.24, 2.45) is 0 Å². The maximum Gasteiger partial charge on any atom is 0.163 e. The van der Waals surface area contributed by atoms with E-state index < -0.39 is 9.84 Å². The van der Waals surface area contributed by atoms with Gasteiger partial charge in [0.05, 0.1) is 30.7 Å². The number of rotatable bonds is 9. The molecule has 2 saturated heterocycles. The lowest BCUT2D eigenvalue weighted by molar-refractivity contribution is 0.254. The second-order valence-corrected chi connectivity index (χ2v) is 12.6. The average molecular weight is 503 g/mol. The van der Waals surface area contributed by atoms with Crippen molar-refractivity contribution in [1.82, 2.24) is 14.9 Å². The monoisotopic (exact) mass is 502 g/mol. The van der Waals surface area contributed by atoms with Crippen LogP contribution in [-0.2, 0) is 9.84 Å². The highest BCUT2D eigenvalue weighted by molar-refractivity contribution is 7.91. The van der Waals surface area contributed by atoms with Gasteiger partial charge < -0.3 is 19.7 Å². The first kappa shape index (κ1) is 24.6. The van der Waals surface area contributed by atoms with E-state index in [9.17, 15) is 8.42 Å². The molecule has 1 saturated carbocycles. The topological polar surface area (TPSA) is 93.6 Å². The third-order valence-corrected chi connectivity index (χ3v) is 9.40. The van der Waals surface area contributed by atoms with E-state index in [-0.39, 0.29) is 17.5 Å². The molecule has 3 heterocycles. The van der Waals surface area contributed by atoms with Crippen molar-refractivity contribution in [2.75, 3.05) is 50.2 Å². The van der Waals surface area contributed by atoms with Crippen molar-refractivity contribution >= 4 is 26.6 Å². The molecule has 0 radical (unpaired) electrons. The van der Waals surface area contributed by atoms with Crippen molar-refractivity contribution in [3.05, 3.63) is 18.0 Å². The van der Waals surface area contributed by atoms with Crippen LogP contribution in [0.3, 0.4) is 0 Å². The van der Waals surface area contributed by atoms with Crippen molar-refractivity contribution < 1.29 is 17.9 Å². The van der Waals surface area contributed by atoms with Gasteiger partial charge in [0.2, 0.25) is 0 Å². The number of methoxy groups -OCH3 is 1. The number of fused-ring (bicyclic) bond motifs is 1. The Balaban J connectivity index is 1.39. The van der Waals surface area contributed by atoms with Gasteiger partial charge in [-0.1, -0.05) is 12.8 Å². The van der Waals surface area contributed by atoms with Crippen molar-refractivity contribution in [3.8, 4) is 11.5 Å². The lowest BCUT2D eigenvalue weighted by Crippen LogP contribution is -2.32. The van der Waals surface area contributed by atoms with Gasteiger partial charge in [-0.15, -0.1) is 0 Å². The molecule has 9 heteroatoms. The lowest BCUT2D eigenvalue weighted by Gasteiger charge is -2.25. The zero-order valence-electron chi connectivity index (χ0n) is 20.8. The van der Waals surface area contributed by atoms with Gasteiger partial charge in [-0.3, -0.25) is 0 Å². The first-order valence-electron chi connectivity index (χ1n) is 13.2. The van der Waals surface area contributed by atoms with Crippen LogP contribution in [0.15, 0.2) is 12.1 Å². The molecule has 1 aromatic heterocycles. The number of sulfone groups is 1. The molecule has 8 nitrogen and oxygen atoms in total. The predicted octanol–water partition coefficient (Wildman–Crippen LogP) is 4.15. The van der Waals surface area contributed by atoms with Crippen LogP contribution in [0, 0.1) is 0 Å². The summed E-state index contributed by atoms with van der Waals surface area (Å²) in [5.41, 5.74) is 0.850. The molecule has 192 valence electrons. The van der Waals surface area contributed by atoms with E-state index in [4.69, 9.17) is 19.4 Å². The van der Waals surface area contributed by atoms with Gasteiger partial charge >= 0.3 is 0 Å². The van der Waals surface area contributed by atoms with E-state index in [0.29, 0.717) is 36.9 Å². The van der Waals surface area contributed by atoms with Gasteiger partial charge in [0.1, 0.15) is 21.5 Å². The molecule has 0 spiro atoms. The highest BCUT2D eigenvalue weighted by Crippen LogP contribution is 2.38. The summed E-state index contributed by atoms with van der Waals surface area (Å²) in [5.74, 6) is 3.87. The Morgan fingerprint density at radius 3 is 2.46 bits per heavy atom. The zero-order chi connectivity index (χ0) is 24.3. The number of nitrogens with one attached hydrogen (secondary N) is 1. The number of likely N-dealkylation sites (tertiary alicyclic amines) is 1. The number of hydrogen-bond acceptors (Lipinski definition) is 8. The van der Waals surface area contributed by atoms with Crippen molar-refractivity contribution in [1.29, 1.82) is 0 Å². The molecule has 3 aliphatic rings. The highest BCUT2D eigenvalue weighted by Gasteiger charge is 2.26. The number of benzene rings is 1. The number of ether oxygens (including phenoxy) is 2. The van der Waals surface area contributed by atoms with Gasteiger partial charge in [-0.25, -0.2) is 18.4 Å². The third-order valence-electron chi connectivity index (χ3n) is 7.69. The number of anilines is 1. The molecule has 35 heavy (non-hydrogen) atoms. The molecule has 0 unspecified atom stereocenters. The smallest absolute Gasteiger partial charge is 0.163 e. The quantitative estimate of drug-likeness (QED) is 0.511. The fraction of sp³-hybridized carbons (Fsp3) is 0.692. The molecule has 1 aliphatic carbocycles. The van der Waals surface area contributed by atoms with Crippen LogP contribution < -0.4 is 14.8 Å². The van der Waals surface area contributed by atoms with E-state index in [0.717, 1.165) is 48.4 Å². The molecular formula is C26H38N4O4S. The van der Waals surface area contributed by atoms with Gasteiger partial charge in [0, 0.05) is 30.0 Å². The highest BCUT2D eigenvalue weighted by atomic mass is 32.2. The molecule has 3 fully saturated rings.